The largest absolute Gasteiger partial charge is 0.497 e. The van der Waals surface area contributed by atoms with Crippen LogP contribution in [-0.2, 0) is 11.3 Å². The molecule has 1 aliphatic rings. The van der Waals surface area contributed by atoms with Crippen LogP contribution in [0.3, 0.4) is 0 Å². The molecular formula is C22H23N3O5. The van der Waals surface area contributed by atoms with Gasteiger partial charge >= 0.3 is 11.8 Å². The van der Waals surface area contributed by atoms with Crippen molar-refractivity contribution in [3.05, 3.63) is 64.6 Å². The summed E-state index contributed by atoms with van der Waals surface area (Å²) in [7, 11) is 3.14. The van der Waals surface area contributed by atoms with Crippen LogP contribution >= 0.6 is 0 Å². The van der Waals surface area contributed by atoms with Crippen LogP contribution in [0.15, 0.2) is 53.3 Å². The molecule has 0 aliphatic carbocycles. The van der Waals surface area contributed by atoms with Crippen LogP contribution in [0, 0.1) is 0 Å². The zero-order valence-electron chi connectivity index (χ0n) is 16.9. The van der Waals surface area contributed by atoms with E-state index in [1.165, 1.54) is 0 Å². The Balaban J connectivity index is 1.44. The molecule has 2 aromatic carbocycles. The maximum absolute atomic E-state index is 12.5. The van der Waals surface area contributed by atoms with E-state index in [2.05, 4.69) is 4.98 Å². The van der Waals surface area contributed by atoms with Gasteiger partial charge in [-0.2, -0.15) is 0 Å². The van der Waals surface area contributed by atoms with E-state index in [-0.39, 0.29) is 12.3 Å². The lowest BCUT2D eigenvalue weighted by Crippen LogP contribution is -2.36. The molecule has 30 heavy (non-hydrogen) atoms. The third-order valence-electron chi connectivity index (χ3n) is 5.16. The minimum Gasteiger partial charge on any atom is -0.497 e. The summed E-state index contributed by atoms with van der Waals surface area (Å²) >= 11 is 0. The number of nitrogens with one attached hydrogen (secondary N) is 1. The number of hydrogen-bond acceptors (Lipinski definition) is 5. The van der Waals surface area contributed by atoms with Gasteiger partial charge in [0.15, 0.2) is 0 Å². The Kier molecular flexibility index (Phi) is 5.47. The number of aromatic amines is 1. The monoisotopic (exact) mass is 409 g/mol. The van der Waals surface area contributed by atoms with Crippen LogP contribution in [0.2, 0.25) is 0 Å². The zero-order valence-corrected chi connectivity index (χ0v) is 16.9. The fourth-order valence-electron chi connectivity index (χ4n) is 3.59. The highest BCUT2D eigenvalue weighted by molar-refractivity contribution is 5.79. The minimum atomic E-state index is -0.415. The van der Waals surface area contributed by atoms with Crippen molar-refractivity contribution in [3.8, 4) is 11.5 Å². The molecule has 8 heteroatoms. The number of carbonyl (C=O) groups excluding carboxylic acids is 1. The zero-order chi connectivity index (χ0) is 21.1. The highest BCUT2D eigenvalue weighted by Gasteiger charge is 2.21. The molecule has 4 rings (SSSR count). The predicted octanol–water partition coefficient (Wildman–Crippen LogP) is 3.23. The second kappa shape index (κ2) is 8.36. The number of amides is 1. The number of imidazole rings is 1. The van der Waals surface area contributed by atoms with Gasteiger partial charge in [0.2, 0.25) is 0 Å². The highest BCUT2D eigenvalue weighted by Crippen LogP contribution is 2.25. The van der Waals surface area contributed by atoms with Crippen LogP contribution in [0.25, 0.3) is 16.7 Å². The molecule has 156 valence electrons. The van der Waals surface area contributed by atoms with E-state index in [1.807, 2.05) is 30.3 Å². The predicted molar refractivity (Wildman–Crippen MR) is 113 cm³/mol. The van der Waals surface area contributed by atoms with Crippen molar-refractivity contribution in [1.29, 1.82) is 0 Å². The second-order valence-corrected chi connectivity index (χ2v) is 6.91. The number of hydrogen-bond donors (Lipinski definition) is 1. The maximum Gasteiger partial charge on any atom is 0.410 e. The van der Waals surface area contributed by atoms with Crippen molar-refractivity contribution in [2.45, 2.75) is 13.0 Å². The number of nitrogens with zero attached hydrogens (tertiary/aromatic N) is 2. The van der Waals surface area contributed by atoms with Gasteiger partial charge in [0.1, 0.15) is 18.1 Å². The molecule has 0 saturated carbocycles. The Labute approximate surface area is 173 Å². The maximum atomic E-state index is 12.5. The average molecular weight is 409 g/mol. The van der Waals surface area contributed by atoms with Crippen molar-refractivity contribution in [1.82, 2.24) is 14.5 Å². The number of rotatable bonds is 5. The quantitative estimate of drug-likeness (QED) is 0.699. The van der Waals surface area contributed by atoms with Gasteiger partial charge in [0.05, 0.1) is 25.3 Å². The molecule has 0 fully saturated rings. The summed E-state index contributed by atoms with van der Waals surface area (Å²) in [5, 5.41) is 0. The van der Waals surface area contributed by atoms with E-state index in [1.54, 1.807) is 41.9 Å². The number of methoxy groups -OCH3 is 2. The highest BCUT2D eigenvalue weighted by atomic mass is 16.6. The van der Waals surface area contributed by atoms with Crippen LogP contribution < -0.4 is 15.2 Å². The minimum absolute atomic E-state index is 0.0776. The van der Waals surface area contributed by atoms with Crippen molar-refractivity contribution in [2.75, 3.05) is 27.3 Å². The molecule has 1 aromatic heterocycles. The van der Waals surface area contributed by atoms with E-state index in [0.717, 1.165) is 22.3 Å². The first-order chi connectivity index (χ1) is 14.6. The molecule has 1 amide bonds. The van der Waals surface area contributed by atoms with Gasteiger partial charge in [-0.15, -0.1) is 0 Å². The normalized spacial score (nSPS) is 13.8. The fourth-order valence-corrected chi connectivity index (χ4v) is 3.59. The molecule has 1 aliphatic heterocycles. The number of para-hydroxylation sites is 2. The topological polar surface area (TPSA) is 85.8 Å². The summed E-state index contributed by atoms with van der Waals surface area (Å²) in [6, 6.07) is 12.9. The Hall–Kier alpha value is -3.68. The molecule has 0 radical (unpaired) electrons. The van der Waals surface area contributed by atoms with E-state index in [9.17, 15) is 9.59 Å². The van der Waals surface area contributed by atoms with Crippen LogP contribution in [0.4, 0.5) is 4.79 Å². The number of ether oxygens (including phenoxy) is 3. The lowest BCUT2D eigenvalue weighted by Gasteiger charge is -2.26. The number of fused-ring (bicyclic) bond motifs is 1. The lowest BCUT2D eigenvalue weighted by atomic mass is 10.2. The van der Waals surface area contributed by atoms with Gasteiger partial charge in [-0.1, -0.05) is 12.1 Å². The van der Waals surface area contributed by atoms with E-state index in [0.29, 0.717) is 31.0 Å². The van der Waals surface area contributed by atoms with Crippen molar-refractivity contribution >= 4 is 22.8 Å². The first-order valence-electron chi connectivity index (χ1n) is 9.62. The first kappa shape index (κ1) is 19.6. The van der Waals surface area contributed by atoms with Crippen molar-refractivity contribution in [3.63, 3.8) is 0 Å². The Morgan fingerprint density at radius 3 is 2.70 bits per heavy atom. The standard InChI is InChI=1S/C22H23N3O5/c1-28-17-7-8-20(29-2)15(13-17)14-30-22(27)24-11-9-16(10-12-24)25-19-6-4-3-5-18(19)23-21(25)26/h3-9,13H,10-12,14H2,1-2H3,(H,23,26). The molecule has 8 nitrogen and oxygen atoms in total. The molecule has 0 saturated heterocycles. The van der Waals surface area contributed by atoms with Gasteiger partial charge < -0.3 is 24.1 Å². The summed E-state index contributed by atoms with van der Waals surface area (Å²) in [6.45, 7) is 0.912. The van der Waals surface area contributed by atoms with Crippen LogP contribution in [-0.4, -0.2) is 47.9 Å². The second-order valence-electron chi connectivity index (χ2n) is 6.91. The summed E-state index contributed by atoms with van der Waals surface area (Å²) in [4.78, 5) is 29.4. The average Bonchev–Trinajstić information content (AvgIpc) is 3.13. The summed E-state index contributed by atoms with van der Waals surface area (Å²) in [5.74, 6) is 1.29. The van der Waals surface area contributed by atoms with E-state index >= 15 is 0 Å². The summed E-state index contributed by atoms with van der Waals surface area (Å²) in [5.41, 5.74) is 3.04. The summed E-state index contributed by atoms with van der Waals surface area (Å²) < 4.78 is 17.7. The van der Waals surface area contributed by atoms with Crippen LogP contribution in [0.5, 0.6) is 11.5 Å². The number of aromatic nitrogens is 2. The van der Waals surface area contributed by atoms with Gasteiger partial charge in [0.25, 0.3) is 0 Å². The molecular weight excluding hydrogens is 386 g/mol. The SMILES string of the molecule is COc1ccc(OC)c(COC(=O)N2CC=C(n3c(=O)[nH]c4ccccc43)CC2)c1. The van der Waals surface area contributed by atoms with Crippen molar-refractivity contribution < 1.29 is 19.0 Å². The first-order valence-corrected chi connectivity index (χ1v) is 9.62. The lowest BCUT2D eigenvalue weighted by molar-refractivity contribution is 0.0988. The Morgan fingerprint density at radius 1 is 1.13 bits per heavy atom. The third-order valence-corrected chi connectivity index (χ3v) is 5.16. The Morgan fingerprint density at radius 2 is 1.97 bits per heavy atom. The van der Waals surface area contributed by atoms with Crippen LogP contribution in [0.1, 0.15) is 12.0 Å². The molecule has 0 unspecified atom stereocenters. The van der Waals surface area contributed by atoms with E-state index in [4.69, 9.17) is 14.2 Å². The Bertz CT molecular complexity index is 1160. The van der Waals surface area contributed by atoms with Crippen molar-refractivity contribution in [2.24, 2.45) is 0 Å². The molecule has 0 atom stereocenters. The fraction of sp³-hybridized carbons (Fsp3) is 0.273. The number of benzene rings is 2. The molecule has 3 aromatic rings. The number of H-pyrrole nitrogens is 1. The molecule has 1 N–H and O–H groups in total. The molecule has 2 heterocycles. The summed E-state index contributed by atoms with van der Waals surface area (Å²) in [6.07, 6.45) is 2.03. The van der Waals surface area contributed by atoms with Gasteiger partial charge in [-0.25, -0.2) is 9.59 Å². The molecule has 0 spiro atoms. The molecule has 0 bridgehead atoms. The van der Waals surface area contributed by atoms with Gasteiger partial charge in [0, 0.05) is 30.8 Å². The number of carbonyl (C=O) groups is 1. The smallest absolute Gasteiger partial charge is 0.410 e. The third kappa shape index (κ3) is 3.76. The van der Waals surface area contributed by atoms with Gasteiger partial charge in [-0.3, -0.25) is 4.57 Å². The van der Waals surface area contributed by atoms with Gasteiger partial charge in [-0.05, 0) is 36.4 Å². The van der Waals surface area contributed by atoms with E-state index < -0.39 is 6.09 Å².